The number of tetrazole rings is 1. The third-order valence-electron chi connectivity index (χ3n) is 3.94. The molecular formula is C17H23N5O2. The van der Waals surface area contributed by atoms with E-state index in [1.807, 2.05) is 28.9 Å². The molecule has 0 spiro atoms. The molecule has 1 aliphatic rings. The van der Waals surface area contributed by atoms with Gasteiger partial charge in [-0.05, 0) is 54.0 Å². The predicted molar refractivity (Wildman–Crippen MR) is 90.5 cm³/mol. The van der Waals surface area contributed by atoms with E-state index in [0.29, 0.717) is 12.6 Å². The fourth-order valence-electron chi connectivity index (χ4n) is 2.47. The number of rotatable bonds is 9. The predicted octanol–water partition coefficient (Wildman–Crippen LogP) is 2.82. The second-order valence-electron chi connectivity index (χ2n) is 6.06. The van der Waals surface area contributed by atoms with E-state index in [0.717, 1.165) is 49.2 Å². The van der Waals surface area contributed by atoms with E-state index in [4.69, 9.17) is 4.74 Å². The van der Waals surface area contributed by atoms with Crippen molar-refractivity contribution in [3.63, 3.8) is 0 Å². The molecule has 0 atom stereocenters. The van der Waals surface area contributed by atoms with Gasteiger partial charge >= 0.3 is 0 Å². The number of anilines is 1. The normalized spacial score (nSPS) is 13.9. The Morgan fingerprint density at radius 3 is 2.79 bits per heavy atom. The number of benzene rings is 1. The highest BCUT2D eigenvalue weighted by atomic mass is 16.5. The second kappa shape index (κ2) is 8.01. The van der Waals surface area contributed by atoms with Gasteiger partial charge in [0, 0.05) is 17.9 Å². The Bertz CT molecular complexity index is 664. The van der Waals surface area contributed by atoms with E-state index in [1.54, 1.807) is 0 Å². The number of nitrogens with one attached hydrogen (secondary N) is 1. The minimum Gasteiger partial charge on any atom is -0.372 e. The van der Waals surface area contributed by atoms with Crippen molar-refractivity contribution in [3.8, 4) is 11.4 Å². The number of aromatic nitrogens is 4. The molecule has 1 heterocycles. The molecule has 1 aliphatic carbocycles. The third-order valence-corrected chi connectivity index (χ3v) is 3.94. The van der Waals surface area contributed by atoms with Gasteiger partial charge in [0.1, 0.15) is 6.61 Å². The third kappa shape index (κ3) is 4.38. The maximum Gasteiger partial charge on any atom is 0.250 e. The summed E-state index contributed by atoms with van der Waals surface area (Å²) in [7, 11) is 0. The number of unbranched alkanes of at least 4 members (excludes halogenated alkanes) is 2. The first-order valence-corrected chi connectivity index (χ1v) is 8.54. The molecule has 0 radical (unpaired) electrons. The van der Waals surface area contributed by atoms with Crippen molar-refractivity contribution in [3.05, 3.63) is 24.3 Å². The topological polar surface area (TPSA) is 81.9 Å². The van der Waals surface area contributed by atoms with Gasteiger partial charge < -0.3 is 10.1 Å². The van der Waals surface area contributed by atoms with E-state index in [2.05, 4.69) is 27.8 Å². The molecule has 0 unspecified atom stereocenters. The monoisotopic (exact) mass is 329 g/mol. The van der Waals surface area contributed by atoms with Crippen LogP contribution < -0.4 is 5.32 Å². The highest BCUT2D eigenvalue weighted by Gasteiger charge is 2.28. The van der Waals surface area contributed by atoms with Crippen molar-refractivity contribution < 1.29 is 9.53 Å². The van der Waals surface area contributed by atoms with Crippen LogP contribution in [-0.4, -0.2) is 39.3 Å². The van der Waals surface area contributed by atoms with Gasteiger partial charge in [0.05, 0.1) is 6.04 Å². The van der Waals surface area contributed by atoms with E-state index in [-0.39, 0.29) is 12.5 Å². The maximum absolute atomic E-state index is 11.8. The van der Waals surface area contributed by atoms with Crippen LogP contribution in [0.25, 0.3) is 11.4 Å². The quantitative estimate of drug-likeness (QED) is 0.715. The molecular weight excluding hydrogens is 306 g/mol. The molecule has 1 saturated carbocycles. The molecule has 1 aromatic carbocycles. The van der Waals surface area contributed by atoms with E-state index < -0.39 is 0 Å². The maximum atomic E-state index is 11.8. The lowest BCUT2D eigenvalue weighted by Gasteiger charge is -2.07. The molecule has 1 aromatic heterocycles. The summed E-state index contributed by atoms with van der Waals surface area (Å²) < 4.78 is 7.23. The van der Waals surface area contributed by atoms with Crippen LogP contribution in [0, 0.1) is 0 Å². The molecule has 24 heavy (non-hydrogen) atoms. The van der Waals surface area contributed by atoms with E-state index >= 15 is 0 Å². The molecule has 1 amide bonds. The summed E-state index contributed by atoms with van der Waals surface area (Å²) in [6.07, 6.45) is 5.53. The molecule has 1 fully saturated rings. The molecule has 2 aromatic rings. The Labute approximate surface area is 141 Å². The van der Waals surface area contributed by atoms with Crippen molar-refractivity contribution in [2.75, 3.05) is 18.5 Å². The number of carbonyl (C=O) groups excluding carboxylic acids is 1. The first-order valence-electron chi connectivity index (χ1n) is 8.54. The van der Waals surface area contributed by atoms with Crippen molar-refractivity contribution in [1.82, 2.24) is 20.2 Å². The molecule has 1 N–H and O–H groups in total. The summed E-state index contributed by atoms with van der Waals surface area (Å²) in [4.78, 5) is 11.8. The lowest BCUT2D eigenvalue weighted by molar-refractivity contribution is -0.120. The van der Waals surface area contributed by atoms with Gasteiger partial charge in [-0.2, -0.15) is 0 Å². The van der Waals surface area contributed by atoms with Crippen LogP contribution in [0.4, 0.5) is 5.69 Å². The Morgan fingerprint density at radius 2 is 2.08 bits per heavy atom. The summed E-state index contributed by atoms with van der Waals surface area (Å²) in [6.45, 7) is 2.86. The SMILES string of the molecule is CCCCCOCC(=O)Nc1ccc(-c2nnnn2C2CC2)cc1. The van der Waals surface area contributed by atoms with Crippen molar-refractivity contribution >= 4 is 11.6 Å². The van der Waals surface area contributed by atoms with Crippen LogP contribution in [0.1, 0.15) is 45.1 Å². The average molecular weight is 329 g/mol. The zero-order chi connectivity index (χ0) is 16.8. The molecule has 0 aliphatic heterocycles. The van der Waals surface area contributed by atoms with Gasteiger partial charge in [-0.3, -0.25) is 4.79 Å². The Balaban J connectivity index is 1.51. The lowest BCUT2D eigenvalue weighted by atomic mass is 10.2. The van der Waals surface area contributed by atoms with Crippen molar-refractivity contribution in [1.29, 1.82) is 0 Å². The fraction of sp³-hybridized carbons (Fsp3) is 0.529. The number of nitrogens with zero attached hydrogens (tertiary/aromatic N) is 4. The second-order valence-corrected chi connectivity index (χ2v) is 6.06. The minimum atomic E-state index is -0.137. The molecule has 0 saturated heterocycles. The van der Waals surface area contributed by atoms with Gasteiger partial charge in [-0.15, -0.1) is 5.10 Å². The van der Waals surface area contributed by atoms with Gasteiger partial charge in [-0.25, -0.2) is 4.68 Å². The van der Waals surface area contributed by atoms with Crippen LogP contribution in [0.5, 0.6) is 0 Å². The Hall–Kier alpha value is -2.28. The number of amides is 1. The highest BCUT2D eigenvalue weighted by molar-refractivity contribution is 5.91. The highest BCUT2D eigenvalue weighted by Crippen LogP contribution is 2.36. The van der Waals surface area contributed by atoms with Crippen molar-refractivity contribution in [2.24, 2.45) is 0 Å². The van der Waals surface area contributed by atoms with Crippen molar-refractivity contribution in [2.45, 2.75) is 45.1 Å². The average Bonchev–Trinajstić information content (AvgIpc) is 3.32. The number of hydrogen-bond donors (Lipinski definition) is 1. The first-order chi connectivity index (χ1) is 11.8. The van der Waals surface area contributed by atoms with Gasteiger partial charge in [-0.1, -0.05) is 19.8 Å². The number of hydrogen-bond acceptors (Lipinski definition) is 5. The molecule has 7 nitrogen and oxygen atoms in total. The van der Waals surface area contributed by atoms with Crippen LogP contribution in [0.15, 0.2) is 24.3 Å². The summed E-state index contributed by atoms with van der Waals surface area (Å²) in [5.74, 6) is 0.636. The Kier molecular flexibility index (Phi) is 5.53. The summed E-state index contributed by atoms with van der Waals surface area (Å²) in [5.41, 5.74) is 1.69. The van der Waals surface area contributed by atoms with Gasteiger partial charge in [0.25, 0.3) is 0 Å². The Morgan fingerprint density at radius 1 is 1.29 bits per heavy atom. The summed E-state index contributed by atoms with van der Waals surface area (Å²) in [5, 5.41) is 14.7. The molecule has 3 rings (SSSR count). The fourth-order valence-corrected chi connectivity index (χ4v) is 2.47. The van der Waals surface area contributed by atoms with Crippen LogP contribution in [-0.2, 0) is 9.53 Å². The van der Waals surface area contributed by atoms with Crippen LogP contribution in [0.2, 0.25) is 0 Å². The van der Waals surface area contributed by atoms with Crippen LogP contribution in [0.3, 0.4) is 0 Å². The molecule has 7 heteroatoms. The van der Waals surface area contributed by atoms with Crippen LogP contribution >= 0.6 is 0 Å². The van der Waals surface area contributed by atoms with Gasteiger partial charge in [0.2, 0.25) is 5.91 Å². The molecule has 0 bridgehead atoms. The minimum absolute atomic E-state index is 0.0887. The first kappa shape index (κ1) is 16.6. The largest absolute Gasteiger partial charge is 0.372 e. The number of ether oxygens (including phenoxy) is 1. The summed E-state index contributed by atoms with van der Waals surface area (Å²) in [6, 6.07) is 7.98. The zero-order valence-corrected chi connectivity index (χ0v) is 13.9. The zero-order valence-electron chi connectivity index (χ0n) is 13.9. The molecule has 128 valence electrons. The van der Waals surface area contributed by atoms with Gasteiger partial charge in [0.15, 0.2) is 5.82 Å². The smallest absolute Gasteiger partial charge is 0.250 e. The lowest BCUT2D eigenvalue weighted by Crippen LogP contribution is -2.18. The van der Waals surface area contributed by atoms with E-state index in [1.165, 1.54) is 0 Å². The number of carbonyl (C=O) groups is 1. The standard InChI is InChI=1S/C17H23N5O2/c1-2-3-4-11-24-12-16(23)18-14-7-5-13(6-8-14)17-19-20-21-22(17)15-9-10-15/h5-8,15H,2-4,9-12H2,1H3,(H,18,23). The summed E-state index contributed by atoms with van der Waals surface area (Å²) >= 11 is 0. The van der Waals surface area contributed by atoms with E-state index in [9.17, 15) is 4.79 Å².